The van der Waals surface area contributed by atoms with Gasteiger partial charge in [0.1, 0.15) is 18.4 Å². The Hall–Kier alpha value is -4.18. The Labute approximate surface area is 197 Å². The van der Waals surface area contributed by atoms with E-state index in [9.17, 15) is 0 Å². The highest BCUT2D eigenvalue weighted by Gasteiger charge is 2.10. The fourth-order valence-electron chi connectivity index (χ4n) is 2.67. The first-order valence-corrected chi connectivity index (χ1v) is 10.4. The highest BCUT2D eigenvalue weighted by Crippen LogP contribution is 2.29. The molecule has 7 heteroatoms. The van der Waals surface area contributed by atoms with Crippen molar-refractivity contribution in [3.05, 3.63) is 60.3 Å². The first-order valence-electron chi connectivity index (χ1n) is 10.4. The molecule has 0 amide bonds. The van der Waals surface area contributed by atoms with Crippen LogP contribution in [0.2, 0.25) is 0 Å². The van der Waals surface area contributed by atoms with E-state index in [1.54, 1.807) is 6.20 Å². The quantitative estimate of drug-likeness (QED) is 0.315. The van der Waals surface area contributed by atoms with E-state index in [2.05, 4.69) is 33.2 Å². The van der Waals surface area contributed by atoms with Gasteiger partial charge in [-0.15, -0.1) is 6.42 Å². The summed E-state index contributed by atoms with van der Waals surface area (Å²) in [5.41, 5.74) is 3.96. The van der Waals surface area contributed by atoms with Crippen LogP contribution in [0.4, 0.5) is 17.5 Å². The molecule has 0 bridgehead atoms. The molecule has 0 atom stereocenters. The summed E-state index contributed by atoms with van der Waals surface area (Å²) in [7, 11) is 0. The van der Waals surface area contributed by atoms with Gasteiger partial charge < -0.3 is 25.6 Å². The maximum atomic E-state index is 8.00. The van der Waals surface area contributed by atoms with Crippen molar-refractivity contribution < 1.29 is 9.53 Å². The predicted molar refractivity (Wildman–Crippen MR) is 139 cm³/mol. The van der Waals surface area contributed by atoms with Gasteiger partial charge in [-0.2, -0.15) is 4.98 Å². The molecule has 0 fully saturated rings. The standard InChI is InChI=1S/C22H22N4O.C2H6.CH3N.CH2O/c1-4-13-23-21-20(17-9-11-19(12-10-17)27-5-2)15-24-22(26-21)25-18-8-6-7-16(3)14-18;3*1-2/h1,6-12,14-15H,5,13H2,2-3H3,(H2,23,24,25,26);1-2H3;2H,1H2;1H2. The lowest BCUT2D eigenvalue weighted by molar-refractivity contribution is -0.0979. The van der Waals surface area contributed by atoms with Crippen molar-refractivity contribution in [3.8, 4) is 29.2 Å². The molecule has 0 aliphatic carbocycles. The van der Waals surface area contributed by atoms with Crippen LogP contribution in [-0.4, -0.2) is 36.6 Å². The largest absolute Gasteiger partial charge is 0.494 e. The van der Waals surface area contributed by atoms with E-state index in [1.165, 1.54) is 0 Å². The lowest BCUT2D eigenvalue weighted by Crippen LogP contribution is -2.06. The van der Waals surface area contributed by atoms with Gasteiger partial charge in [0.2, 0.25) is 5.95 Å². The predicted octanol–water partition coefficient (Wildman–Crippen LogP) is 5.75. The van der Waals surface area contributed by atoms with E-state index in [0.717, 1.165) is 28.1 Å². The fourth-order valence-corrected chi connectivity index (χ4v) is 2.67. The molecule has 0 saturated carbocycles. The van der Waals surface area contributed by atoms with Gasteiger partial charge in [0.15, 0.2) is 0 Å². The fraction of sp³-hybridized carbons (Fsp3) is 0.231. The van der Waals surface area contributed by atoms with Gasteiger partial charge >= 0.3 is 0 Å². The first kappa shape index (κ1) is 28.8. The third-order valence-corrected chi connectivity index (χ3v) is 3.90. The van der Waals surface area contributed by atoms with Crippen molar-refractivity contribution in [2.45, 2.75) is 27.7 Å². The Morgan fingerprint density at radius 1 is 1.12 bits per heavy atom. The van der Waals surface area contributed by atoms with Gasteiger partial charge in [0.05, 0.1) is 13.2 Å². The van der Waals surface area contributed by atoms with E-state index in [4.69, 9.17) is 21.4 Å². The number of hydrogen-bond donors (Lipinski definition) is 3. The molecule has 0 spiro atoms. The molecule has 2 aromatic carbocycles. The number of carbonyl (C=O) groups excluding carboxylic acids is 1. The normalized spacial score (nSPS) is 8.70. The molecule has 0 radical (unpaired) electrons. The van der Waals surface area contributed by atoms with Gasteiger partial charge in [-0.3, -0.25) is 0 Å². The smallest absolute Gasteiger partial charge is 0.229 e. The zero-order valence-corrected chi connectivity index (χ0v) is 19.8. The Kier molecular flexibility index (Phi) is 15.3. The SMILES string of the molecule is C#CCNc1nc(Nc2cccc(C)c2)ncc1-c1ccc(OCC)cc1.C=N.C=O.CC. The summed E-state index contributed by atoms with van der Waals surface area (Å²) in [4.78, 5) is 17.1. The van der Waals surface area contributed by atoms with Crippen LogP contribution in [0.5, 0.6) is 5.75 Å². The number of nitrogens with zero attached hydrogens (tertiary/aromatic N) is 2. The Morgan fingerprint density at radius 2 is 1.79 bits per heavy atom. The third-order valence-electron chi connectivity index (χ3n) is 3.90. The van der Waals surface area contributed by atoms with E-state index in [0.29, 0.717) is 24.9 Å². The molecule has 1 heterocycles. The summed E-state index contributed by atoms with van der Waals surface area (Å²) in [6.45, 7) is 13.5. The number of aromatic nitrogens is 2. The zero-order chi connectivity index (χ0) is 25.1. The molecule has 1 aromatic heterocycles. The minimum absolute atomic E-state index is 0.380. The second-order valence-electron chi connectivity index (χ2n) is 5.97. The molecule has 0 aliphatic heterocycles. The number of carbonyl (C=O) groups is 1. The number of aryl methyl sites for hydroxylation is 1. The van der Waals surface area contributed by atoms with Crippen molar-refractivity contribution in [3.63, 3.8) is 0 Å². The second kappa shape index (κ2) is 17.5. The summed E-state index contributed by atoms with van der Waals surface area (Å²) < 4.78 is 5.50. The van der Waals surface area contributed by atoms with Gasteiger partial charge in [-0.25, -0.2) is 4.98 Å². The molecular formula is C26H33N5O2. The molecule has 0 aliphatic rings. The number of anilines is 3. The monoisotopic (exact) mass is 447 g/mol. The molecule has 3 N–H and O–H groups in total. The number of hydrogen-bond acceptors (Lipinski definition) is 7. The zero-order valence-electron chi connectivity index (χ0n) is 19.8. The van der Waals surface area contributed by atoms with Gasteiger partial charge in [-0.05, 0) is 56.0 Å². The van der Waals surface area contributed by atoms with Gasteiger partial charge in [0.25, 0.3) is 0 Å². The maximum Gasteiger partial charge on any atom is 0.229 e. The number of terminal acetylenes is 1. The lowest BCUT2D eigenvalue weighted by Gasteiger charge is -2.13. The van der Waals surface area contributed by atoms with Crippen molar-refractivity contribution in [2.24, 2.45) is 0 Å². The molecule has 0 unspecified atom stereocenters. The average Bonchev–Trinajstić information content (AvgIpc) is 2.87. The van der Waals surface area contributed by atoms with Crippen LogP contribution in [-0.2, 0) is 4.79 Å². The van der Waals surface area contributed by atoms with E-state index < -0.39 is 0 Å². The van der Waals surface area contributed by atoms with Crippen LogP contribution in [0.3, 0.4) is 0 Å². The Bertz CT molecular complexity index is 983. The molecule has 174 valence electrons. The molecule has 0 saturated heterocycles. The number of nitrogens with one attached hydrogen (secondary N) is 3. The van der Waals surface area contributed by atoms with Crippen LogP contribution in [0.15, 0.2) is 54.7 Å². The number of benzene rings is 2. The van der Waals surface area contributed by atoms with E-state index in [-0.39, 0.29) is 0 Å². The average molecular weight is 448 g/mol. The summed E-state index contributed by atoms with van der Waals surface area (Å²) >= 11 is 0. The summed E-state index contributed by atoms with van der Waals surface area (Å²) in [5.74, 6) is 4.61. The number of rotatable bonds is 7. The van der Waals surface area contributed by atoms with E-state index >= 15 is 0 Å². The number of ether oxygens (including phenoxy) is 1. The summed E-state index contributed by atoms with van der Waals surface area (Å²) in [6.07, 6.45) is 7.20. The maximum absolute atomic E-state index is 8.00. The Balaban J connectivity index is 0.00000158. The van der Waals surface area contributed by atoms with Gasteiger partial charge in [-0.1, -0.05) is 44.0 Å². The van der Waals surface area contributed by atoms with Crippen molar-refractivity contribution >= 4 is 31.0 Å². The van der Waals surface area contributed by atoms with Crippen molar-refractivity contribution in [2.75, 3.05) is 23.8 Å². The molecule has 7 nitrogen and oxygen atoms in total. The van der Waals surface area contributed by atoms with E-state index in [1.807, 2.05) is 83.0 Å². The third kappa shape index (κ3) is 9.66. The lowest BCUT2D eigenvalue weighted by atomic mass is 10.1. The Morgan fingerprint density at radius 3 is 2.36 bits per heavy atom. The van der Waals surface area contributed by atoms with Crippen LogP contribution in [0, 0.1) is 24.7 Å². The topological polar surface area (TPSA) is 100.0 Å². The minimum atomic E-state index is 0.380. The summed E-state index contributed by atoms with van der Waals surface area (Å²) in [5, 5.41) is 11.9. The summed E-state index contributed by atoms with van der Waals surface area (Å²) in [6, 6.07) is 15.9. The van der Waals surface area contributed by atoms with Crippen LogP contribution in [0.25, 0.3) is 11.1 Å². The highest BCUT2D eigenvalue weighted by molar-refractivity contribution is 5.76. The van der Waals surface area contributed by atoms with Crippen molar-refractivity contribution in [1.82, 2.24) is 9.97 Å². The van der Waals surface area contributed by atoms with Crippen LogP contribution >= 0.6 is 0 Å². The first-order chi connectivity index (χ1) is 16.2. The van der Waals surface area contributed by atoms with Crippen LogP contribution < -0.4 is 15.4 Å². The second-order valence-corrected chi connectivity index (χ2v) is 5.97. The minimum Gasteiger partial charge on any atom is -0.494 e. The van der Waals surface area contributed by atoms with Crippen molar-refractivity contribution in [1.29, 1.82) is 5.41 Å². The van der Waals surface area contributed by atoms with Gasteiger partial charge in [0, 0.05) is 17.4 Å². The molecule has 3 rings (SSSR count). The van der Waals surface area contributed by atoms with Crippen LogP contribution in [0.1, 0.15) is 26.3 Å². The molecular weight excluding hydrogens is 414 g/mol. The highest BCUT2D eigenvalue weighted by atomic mass is 16.5. The molecule has 3 aromatic rings. The molecule has 33 heavy (non-hydrogen) atoms.